The van der Waals surface area contributed by atoms with Gasteiger partial charge in [0.05, 0.1) is 17.1 Å². The van der Waals surface area contributed by atoms with Crippen LogP contribution in [0.5, 0.6) is 0 Å². The summed E-state index contributed by atoms with van der Waals surface area (Å²) in [7, 11) is 1.85. The first kappa shape index (κ1) is 14.5. The second kappa shape index (κ2) is 6.41. The zero-order valence-corrected chi connectivity index (χ0v) is 11.4. The predicted molar refractivity (Wildman–Crippen MR) is 74.9 cm³/mol. The number of nitrogens with two attached hydrogens (primary N) is 1. The highest BCUT2D eigenvalue weighted by atomic mass is 32.2. The molecular weight excluding hydrogens is 254 g/mol. The van der Waals surface area contributed by atoms with Crippen LogP contribution in [0.1, 0.15) is 6.92 Å². The minimum absolute atomic E-state index is 0.0313. The van der Waals surface area contributed by atoms with Gasteiger partial charge in [-0.3, -0.25) is 10.1 Å². The highest BCUT2D eigenvalue weighted by molar-refractivity contribution is 7.98. The summed E-state index contributed by atoms with van der Waals surface area (Å²) >= 11 is 1.71. The summed E-state index contributed by atoms with van der Waals surface area (Å²) < 4.78 is 0. The highest BCUT2D eigenvalue weighted by Gasteiger charge is 2.16. The Hall–Kier alpha value is -1.54. The molecule has 1 aromatic rings. The largest absolute Gasteiger partial charge is 0.356 e. The van der Waals surface area contributed by atoms with E-state index in [1.54, 1.807) is 11.8 Å². The monoisotopic (exact) mass is 271 g/mol. The Balaban J connectivity index is 3.07. The lowest BCUT2D eigenvalue weighted by Crippen LogP contribution is -2.31. The first-order chi connectivity index (χ1) is 8.49. The van der Waals surface area contributed by atoms with Gasteiger partial charge in [-0.1, -0.05) is 0 Å². The molecule has 1 unspecified atom stereocenters. The van der Waals surface area contributed by atoms with Gasteiger partial charge in [-0.15, -0.1) is 0 Å². The normalized spacial score (nSPS) is 12.0. The van der Waals surface area contributed by atoms with Crippen LogP contribution in [0.3, 0.4) is 0 Å². The fourth-order valence-electron chi connectivity index (χ4n) is 1.44. The molecule has 7 nitrogen and oxygen atoms in total. The lowest BCUT2D eigenvalue weighted by Gasteiger charge is -2.25. The zero-order chi connectivity index (χ0) is 13.7. The summed E-state index contributed by atoms with van der Waals surface area (Å²) in [5, 5.41) is 10.8. The molecule has 0 aromatic carbocycles. The summed E-state index contributed by atoms with van der Waals surface area (Å²) in [6.45, 7) is 2.03. The summed E-state index contributed by atoms with van der Waals surface area (Å²) in [5.41, 5.74) is 2.31. The number of nitrogen functional groups attached to an aromatic ring is 1. The van der Waals surface area contributed by atoms with Gasteiger partial charge in [0, 0.05) is 18.8 Å². The van der Waals surface area contributed by atoms with Crippen molar-refractivity contribution in [2.75, 3.05) is 29.4 Å². The van der Waals surface area contributed by atoms with Crippen molar-refractivity contribution in [1.29, 1.82) is 0 Å². The third kappa shape index (κ3) is 3.47. The van der Waals surface area contributed by atoms with Crippen LogP contribution in [0.25, 0.3) is 0 Å². The van der Waals surface area contributed by atoms with Gasteiger partial charge in [0.25, 0.3) is 5.69 Å². The maximum absolute atomic E-state index is 10.8. The zero-order valence-electron chi connectivity index (χ0n) is 10.6. The quantitative estimate of drug-likeness (QED) is 0.459. The van der Waals surface area contributed by atoms with Crippen LogP contribution in [0.4, 0.5) is 17.3 Å². The molecule has 0 saturated carbocycles. The number of aromatic nitrogens is 1. The second-order valence-corrected chi connectivity index (χ2v) is 4.80. The van der Waals surface area contributed by atoms with Crippen molar-refractivity contribution in [3.63, 3.8) is 0 Å². The minimum atomic E-state index is -0.459. The molecule has 8 heteroatoms. The van der Waals surface area contributed by atoms with E-state index in [-0.39, 0.29) is 17.5 Å². The maximum atomic E-state index is 10.8. The number of hydrogen-bond acceptors (Lipinski definition) is 7. The molecule has 0 aliphatic heterocycles. The van der Waals surface area contributed by atoms with Crippen molar-refractivity contribution < 1.29 is 4.92 Å². The summed E-state index contributed by atoms with van der Waals surface area (Å²) in [5.74, 6) is 6.98. The van der Waals surface area contributed by atoms with Gasteiger partial charge in [-0.05, 0) is 13.2 Å². The van der Waals surface area contributed by atoms with Crippen LogP contribution in [0.15, 0.2) is 12.1 Å². The van der Waals surface area contributed by atoms with Gasteiger partial charge < -0.3 is 10.3 Å². The van der Waals surface area contributed by atoms with Crippen molar-refractivity contribution in [3.05, 3.63) is 22.2 Å². The molecule has 0 saturated heterocycles. The van der Waals surface area contributed by atoms with Crippen molar-refractivity contribution in [1.82, 2.24) is 4.98 Å². The van der Waals surface area contributed by atoms with Crippen LogP contribution in [0, 0.1) is 10.1 Å². The molecule has 0 spiro atoms. The van der Waals surface area contributed by atoms with E-state index in [1.165, 1.54) is 12.1 Å². The number of hydrazine groups is 1. The first-order valence-corrected chi connectivity index (χ1v) is 6.73. The Morgan fingerprint density at radius 1 is 1.67 bits per heavy atom. The molecule has 0 aliphatic carbocycles. The van der Waals surface area contributed by atoms with Crippen LogP contribution >= 0.6 is 11.8 Å². The van der Waals surface area contributed by atoms with E-state index >= 15 is 0 Å². The average molecular weight is 271 g/mol. The Morgan fingerprint density at radius 3 is 2.83 bits per heavy atom. The Kier molecular flexibility index (Phi) is 5.17. The number of rotatable bonds is 6. The average Bonchev–Trinajstić information content (AvgIpc) is 2.37. The Labute approximate surface area is 110 Å². The molecule has 0 fully saturated rings. The molecule has 1 atom stereocenters. The first-order valence-electron chi connectivity index (χ1n) is 5.34. The molecule has 18 heavy (non-hydrogen) atoms. The van der Waals surface area contributed by atoms with Gasteiger partial charge in [0.2, 0.25) is 0 Å². The fourth-order valence-corrected chi connectivity index (χ4v) is 2.15. The molecule has 1 heterocycles. The molecule has 0 bridgehead atoms. The predicted octanol–water partition coefficient (Wildman–Crippen LogP) is 1.46. The third-order valence-corrected chi connectivity index (χ3v) is 3.40. The van der Waals surface area contributed by atoms with E-state index in [4.69, 9.17) is 5.84 Å². The lowest BCUT2D eigenvalue weighted by atomic mass is 10.3. The van der Waals surface area contributed by atoms with E-state index in [1.807, 2.05) is 25.1 Å². The molecule has 1 rings (SSSR count). The van der Waals surface area contributed by atoms with E-state index in [0.29, 0.717) is 5.82 Å². The van der Waals surface area contributed by atoms with Crippen molar-refractivity contribution in [2.24, 2.45) is 5.84 Å². The van der Waals surface area contributed by atoms with Crippen LogP contribution in [0.2, 0.25) is 0 Å². The third-order valence-electron chi connectivity index (χ3n) is 2.59. The van der Waals surface area contributed by atoms with Crippen LogP contribution in [-0.4, -0.2) is 35.0 Å². The van der Waals surface area contributed by atoms with Crippen LogP contribution in [-0.2, 0) is 0 Å². The van der Waals surface area contributed by atoms with Gasteiger partial charge in [0.1, 0.15) is 11.6 Å². The lowest BCUT2D eigenvalue weighted by molar-refractivity contribution is -0.384. The topological polar surface area (TPSA) is 97.3 Å². The molecule has 100 valence electrons. The number of pyridine rings is 1. The smallest absolute Gasteiger partial charge is 0.276 e. The molecule has 0 radical (unpaired) electrons. The van der Waals surface area contributed by atoms with Gasteiger partial charge in [-0.2, -0.15) is 11.8 Å². The standard InChI is InChI=1S/C10H17N5O2S/c1-7(6-18-3)14(2)10-5-8(15(16)17)4-9(12-10)13-11/h4-5,7H,6,11H2,1-3H3,(H,12,13). The van der Waals surface area contributed by atoms with E-state index < -0.39 is 4.92 Å². The number of hydrogen-bond donors (Lipinski definition) is 2. The minimum Gasteiger partial charge on any atom is -0.356 e. The number of nitro groups is 1. The maximum Gasteiger partial charge on any atom is 0.276 e. The van der Waals surface area contributed by atoms with Crippen molar-refractivity contribution in [3.8, 4) is 0 Å². The van der Waals surface area contributed by atoms with Gasteiger partial charge >= 0.3 is 0 Å². The summed E-state index contributed by atoms with van der Waals surface area (Å²) in [6, 6.07) is 2.97. The second-order valence-electron chi connectivity index (χ2n) is 3.89. The number of nitrogens with zero attached hydrogens (tertiary/aromatic N) is 3. The fraction of sp³-hybridized carbons (Fsp3) is 0.500. The Morgan fingerprint density at radius 2 is 2.33 bits per heavy atom. The molecular formula is C10H17N5O2S. The SMILES string of the molecule is CSCC(C)N(C)c1cc([N+](=O)[O-])cc(NN)n1. The molecule has 1 aromatic heterocycles. The van der Waals surface area contributed by atoms with E-state index in [0.717, 1.165) is 5.75 Å². The van der Waals surface area contributed by atoms with E-state index in [9.17, 15) is 10.1 Å². The van der Waals surface area contributed by atoms with E-state index in [2.05, 4.69) is 10.4 Å². The van der Waals surface area contributed by atoms with Gasteiger partial charge in [-0.25, -0.2) is 10.8 Å². The molecule has 0 amide bonds. The van der Waals surface area contributed by atoms with Crippen LogP contribution < -0.4 is 16.2 Å². The Bertz CT molecular complexity index is 429. The number of nitrogens with one attached hydrogen (secondary N) is 1. The molecule has 0 aliphatic rings. The highest BCUT2D eigenvalue weighted by Crippen LogP contribution is 2.23. The number of anilines is 2. The number of thioether (sulfide) groups is 1. The van der Waals surface area contributed by atoms with Crippen molar-refractivity contribution in [2.45, 2.75) is 13.0 Å². The molecule has 3 N–H and O–H groups in total. The van der Waals surface area contributed by atoms with Gasteiger partial charge in [0.15, 0.2) is 0 Å². The van der Waals surface area contributed by atoms with Crippen molar-refractivity contribution >= 4 is 29.1 Å². The summed E-state index contributed by atoms with van der Waals surface area (Å²) in [4.78, 5) is 16.5. The summed E-state index contributed by atoms with van der Waals surface area (Å²) in [6.07, 6.45) is 2.01.